The maximum Gasteiger partial charge on any atom is 0.102 e. The van der Waals surface area contributed by atoms with Crippen molar-refractivity contribution < 1.29 is 0 Å². The Hall–Kier alpha value is -0.540. The van der Waals surface area contributed by atoms with Gasteiger partial charge in [-0.15, -0.1) is 11.3 Å². The van der Waals surface area contributed by atoms with Crippen LogP contribution in [0.3, 0.4) is 0 Å². The van der Waals surface area contributed by atoms with Crippen LogP contribution in [0.15, 0.2) is 17.5 Å². The molecule has 0 atom stereocenters. The molecule has 0 unspecified atom stereocenters. The molecule has 1 aromatic rings. The van der Waals surface area contributed by atoms with E-state index in [0.717, 1.165) is 5.00 Å². The molecule has 0 saturated heterocycles. The van der Waals surface area contributed by atoms with Gasteiger partial charge in [0, 0.05) is 0 Å². The van der Waals surface area contributed by atoms with Crippen molar-refractivity contribution in [2.24, 2.45) is 5.84 Å². The van der Waals surface area contributed by atoms with Gasteiger partial charge in [-0.1, -0.05) is 0 Å². The van der Waals surface area contributed by atoms with Crippen LogP contribution in [0.4, 0.5) is 5.00 Å². The van der Waals surface area contributed by atoms with Crippen LogP contribution in [-0.2, 0) is 0 Å². The van der Waals surface area contributed by atoms with Gasteiger partial charge in [0.1, 0.15) is 5.00 Å². The first kappa shape index (κ1) is 4.61. The number of nitrogens with one attached hydrogen (secondary N) is 1. The van der Waals surface area contributed by atoms with E-state index in [-0.39, 0.29) is 0 Å². The van der Waals surface area contributed by atoms with E-state index < -0.39 is 0 Å². The van der Waals surface area contributed by atoms with Crippen molar-refractivity contribution in [3.05, 3.63) is 17.5 Å². The molecule has 2 nitrogen and oxygen atoms in total. The van der Waals surface area contributed by atoms with E-state index in [1.807, 2.05) is 17.5 Å². The summed E-state index contributed by atoms with van der Waals surface area (Å²) in [4.78, 5) is 0. The first-order chi connectivity index (χ1) is 3.43. The molecule has 1 aromatic heterocycles. The fourth-order valence-corrected chi connectivity index (χ4v) is 0.890. The maximum absolute atomic E-state index is 5.05. The van der Waals surface area contributed by atoms with E-state index in [2.05, 4.69) is 5.43 Å². The fraction of sp³-hybridized carbons (Fsp3) is 0. The third kappa shape index (κ3) is 0.913. The summed E-state index contributed by atoms with van der Waals surface area (Å²) in [5.41, 5.74) is 2.53. The van der Waals surface area contributed by atoms with Crippen LogP contribution in [0.5, 0.6) is 0 Å². The van der Waals surface area contributed by atoms with E-state index >= 15 is 0 Å². The minimum Gasteiger partial charge on any atom is -0.315 e. The first-order valence-corrected chi connectivity index (χ1v) is 2.81. The SMILES string of the molecule is NNc1cccs1. The average Bonchev–Trinajstić information content (AvgIpc) is 2.14. The van der Waals surface area contributed by atoms with Gasteiger partial charge in [0.2, 0.25) is 0 Å². The molecular formula is C4H6N2S. The van der Waals surface area contributed by atoms with Crippen LogP contribution in [-0.4, -0.2) is 0 Å². The Balaban J connectivity index is 2.76. The predicted molar refractivity (Wildman–Crippen MR) is 32.1 cm³/mol. The number of rotatable bonds is 1. The third-order valence-corrected chi connectivity index (χ3v) is 1.46. The second-order valence-electron chi connectivity index (χ2n) is 1.12. The molecule has 0 aliphatic heterocycles. The molecule has 3 heteroatoms. The Kier molecular flexibility index (Phi) is 1.29. The third-order valence-electron chi connectivity index (χ3n) is 0.663. The predicted octanol–water partition coefficient (Wildman–Crippen LogP) is 1.03. The molecule has 0 aliphatic rings. The molecular weight excluding hydrogens is 108 g/mol. The number of hydrazine groups is 1. The molecule has 0 bridgehead atoms. The van der Waals surface area contributed by atoms with Crippen LogP contribution in [0.1, 0.15) is 0 Å². The van der Waals surface area contributed by atoms with Crippen molar-refractivity contribution in [1.82, 2.24) is 0 Å². The molecule has 0 aromatic carbocycles. The Morgan fingerprint density at radius 1 is 1.71 bits per heavy atom. The quantitative estimate of drug-likeness (QED) is 0.423. The van der Waals surface area contributed by atoms with Gasteiger partial charge in [-0.25, -0.2) is 5.84 Å². The summed E-state index contributed by atoms with van der Waals surface area (Å²) >= 11 is 1.59. The van der Waals surface area contributed by atoms with E-state index in [4.69, 9.17) is 5.84 Å². The minimum atomic E-state index is 1.00. The molecule has 7 heavy (non-hydrogen) atoms. The highest BCUT2D eigenvalue weighted by atomic mass is 32.1. The summed E-state index contributed by atoms with van der Waals surface area (Å²) in [7, 11) is 0. The molecule has 0 amide bonds. The number of nitrogen functional groups attached to an aromatic ring is 1. The molecule has 0 saturated carbocycles. The second-order valence-corrected chi connectivity index (χ2v) is 2.07. The van der Waals surface area contributed by atoms with Crippen molar-refractivity contribution in [1.29, 1.82) is 0 Å². The van der Waals surface area contributed by atoms with Crippen LogP contribution in [0, 0.1) is 0 Å². The molecule has 1 rings (SSSR count). The van der Waals surface area contributed by atoms with Gasteiger partial charge in [0.15, 0.2) is 0 Å². The number of hydrogen-bond donors (Lipinski definition) is 2. The Bertz CT molecular complexity index is 124. The van der Waals surface area contributed by atoms with E-state index in [1.165, 1.54) is 0 Å². The van der Waals surface area contributed by atoms with Gasteiger partial charge >= 0.3 is 0 Å². The van der Waals surface area contributed by atoms with Gasteiger partial charge in [0.05, 0.1) is 0 Å². The zero-order valence-electron chi connectivity index (χ0n) is 3.72. The summed E-state index contributed by atoms with van der Waals surface area (Å²) in [6.45, 7) is 0. The van der Waals surface area contributed by atoms with Gasteiger partial charge in [0.25, 0.3) is 0 Å². The first-order valence-electron chi connectivity index (χ1n) is 1.93. The van der Waals surface area contributed by atoms with Crippen molar-refractivity contribution in [3.63, 3.8) is 0 Å². The molecule has 0 spiro atoms. The van der Waals surface area contributed by atoms with E-state index in [9.17, 15) is 0 Å². The normalized spacial score (nSPS) is 8.71. The smallest absolute Gasteiger partial charge is 0.102 e. The van der Waals surface area contributed by atoms with Crippen molar-refractivity contribution in [2.75, 3.05) is 5.43 Å². The lowest BCUT2D eigenvalue weighted by Crippen LogP contribution is -2.03. The Labute approximate surface area is 45.9 Å². The standard InChI is InChI=1S/C4H6N2S/c5-6-4-2-1-3-7-4/h1-3,6H,5H2. The van der Waals surface area contributed by atoms with Crippen molar-refractivity contribution >= 4 is 16.3 Å². The second kappa shape index (κ2) is 1.95. The number of anilines is 1. The van der Waals surface area contributed by atoms with Crippen molar-refractivity contribution in [2.45, 2.75) is 0 Å². The number of thiophene rings is 1. The Morgan fingerprint density at radius 3 is 2.86 bits per heavy atom. The van der Waals surface area contributed by atoms with Gasteiger partial charge in [-0.05, 0) is 17.5 Å². The molecule has 38 valence electrons. The maximum atomic E-state index is 5.05. The summed E-state index contributed by atoms with van der Waals surface area (Å²) in [5, 5.41) is 2.97. The lowest BCUT2D eigenvalue weighted by atomic mass is 10.6. The zero-order valence-corrected chi connectivity index (χ0v) is 4.53. The van der Waals surface area contributed by atoms with Gasteiger partial charge in [-0.2, -0.15) is 0 Å². The largest absolute Gasteiger partial charge is 0.315 e. The average molecular weight is 114 g/mol. The fourth-order valence-electron chi connectivity index (χ4n) is 0.361. The zero-order chi connectivity index (χ0) is 5.11. The van der Waals surface area contributed by atoms with Crippen LogP contribution >= 0.6 is 11.3 Å². The number of nitrogens with two attached hydrogens (primary N) is 1. The number of hydrogen-bond acceptors (Lipinski definition) is 3. The van der Waals surface area contributed by atoms with Gasteiger partial charge < -0.3 is 5.43 Å². The summed E-state index contributed by atoms with van der Waals surface area (Å²) in [5.74, 6) is 5.05. The summed E-state index contributed by atoms with van der Waals surface area (Å²) < 4.78 is 0. The van der Waals surface area contributed by atoms with E-state index in [1.54, 1.807) is 11.3 Å². The van der Waals surface area contributed by atoms with E-state index in [0.29, 0.717) is 0 Å². The van der Waals surface area contributed by atoms with Crippen LogP contribution in [0.25, 0.3) is 0 Å². The topological polar surface area (TPSA) is 38.0 Å². The molecule has 0 fully saturated rings. The van der Waals surface area contributed by atoms with Crippen molar-refractivity contribution in [3.8, 4) is 0 Å². The molecule has 3 N–H and O–H groups in total. The summed E-state index contributed by atoms with van der Waals surface area (Å²) in [6.07, 6.45) is 0. The molecule has 0 aliphatic carbocycles. The highest BCUT2D eigenvalue weighted by molar-refractivity contribution is 7.14. The summed E-state index contributed by atoms with van der Waals surface area (Å²) in [6, 6.07) is 3.87. The monoisotopic (exact) mass is 114 g/mol. The minimum absolute atomic E-state index is 1.00. The highest BCUT2D eigenvalue weighted by Gasteiger charge is 1.81. The Morgan fingerprint density at radius 2 is 2.57 bits per heavy atom. The van der Waals surface area contributed by atoms with Crippen LogP contribution in [0.2, 0.25) is 0 Å². The molecule has 1 heterocycles. The van der Waals surface area contributed by atoms with Gasteiger partial charge in [-0.3, -0.25) is 0 Å². The lowest BCUT2D eigenvalue weighted by Gasteiger charge is -1.86. The molecule has 0 radical (unpaired) electrons. The lowest BCUT2D eigenvalue weighted by molar-refractivity contribution is 1.39. The van der Waals surface area contributed by atoms with Crippen LogP contribution < -0.4 is 11.3 Å². The highest BCUT2D eigenvalue weighted by Crippen LogP contribution is 2.11.